The van der Waals surface area contributed by atoms with Crippen LogP contribution in [0, 0.1) is 17.9 Å². The number of thioether (sulfide) groups is 4. The lowest BCUT2D eigenvalue weighted by atomic mass is 10.5. The van der Waals surface area contributed by atoms with Crippen LogP contribution in [0.1, 0.15) is 0 Å². The molecule has 1 rings (SSSR count). The van der Waals surface area contributed by atoms with Gasteiger partial charge in [-0.15, -0.1) is 11.8 Å². The molecule has 2 nitrogen and oxygen atoms in total. The van der Waals surface area contributed by atoms with Crippen LogP contribution in [0.25, 0.3) is 4.85 Å². The maximum absolute atomic E-state index is 8.45. The zero-order valence-electron chi connectivity index (χ0n) is 8.92. The molecule has 1 fully saturated rings. The Kier molecular flexibility index (Phi) is 8.50. The van der Waals surface area contributed by atoms with Gasteiger partial charge in [-0.25, -0.2) is 6.57 Å². The van der Waals surface area contributed by atoms with Gasteiger partial charge in [0.2, 0.25) is 0 Å². The van der Waals surface area contributed by atoms with Crippen LogP contribution in [-0.4, -0.2) is 45.1 Å². The van der Waals surface area contributed by atoms with E-state index in [2.05, 4.69) is 10.9 Å². The summed E-state index contributed by atoms with van der Waals surface area (Å²) in [5.41, 5.74) is 0. The topological polar surface area (TPSA) is 28.1 Å². The van der Waals surface area contributed by atoms with Crippen LogP contribution < -0.4 is 0 Å². The fourth-order valence-electron chi connectivity index (χ4n) is 1.24. The number of nitrogens with zero attached hydrogens (tertiary/aromatic N) is 2. The van der Waals surface area contributed by atoms with Gasteiger partial charge in [-0.1, -0.05) is 11.8 Å². The standard InChI is InChI=1S/C10H14N2S4/c1-12-8-14-5-10-7-15-9(6-16-10)4-13-3-2-11/h9-10H,3-8H2. The Morgan fingerprint density at radius 1 is 1.25 bits per heavy atom. The van der Waals surface area contributed by atoms with E-state index in [0.29, 0.717) is 22.1 Å². The molecule has 1 aliphatic rings. The third-order valence-electron chi connectivity index (χ3n) is 1.97. The molecule has 0 bridgehead atoms. The van der Waals surface area contributed by atoms with Crippen LogP contribution in [0.2, 0.25) is 0 Å². The molecule has 1 aliphatic heterocycles. The normalized spacial score (nSPS) is 24.6. The summed E-state index contributed by atoms with van der Waals surface area (Å²) in [6.07, 6.45) is 0. The van der Waals surface area contributed by atoms with Crippen molar-refractivity contribution in [1.29, 1.82) is 5.26 Å². The van der Waals surface area contributed by atoms with Crippen molar-refractivity contribution in [3.63, 3.8) is 0 Å². The second-order valence-corrected chi connectivity index (χ2v) is 7.94. The monoisotopic (exact) mass is 290 g/mol. The van der Waals surface area contributed by atoms with E-state index in [1.165, 1.54) is 11.5 Å². The average molecular weight is 291 g/mol. The van der Waals surface area contributed by atoms with Crippen LogP contribution in [-0.2, 0) is 0 Å². The number of rotatable bonds is 6. The molecule has 0 aromatic rings. The Balaban J connectivity index is 2.05. The molecule has 88 valence electrons. The van der Waals surface area contributed by atoms with Gasteiger partial charge in [-0.3, -0.25) is 0 Å². The fourth-order valence-corrected chi connectivity index (χ4v) is 6.50. The molecule has 0 aromatic carbocycles. The summed E-state index contributed by atoms with van der Waals surface area (Å²) in [5.74, 6) is 5.83. The molecule has 16 heavy (non-hydrogen) atoms. The van der Waals surface area contributed by atoms with Crippen molar-refractivity contribution in [2.45, 2.75) is 10.5 Å². The van der Waals surface area contributed by atoms with Crippen LogP contribution in [0.15, 0.2) is 0 Å². The van der Waals surface area contributed by atoms with Crippen molar-refractivity contribution in [2.24, 2.45) is 0 Å². The molecule has 6 heteroatoms. The summed E-state index contributed by atoms with van der Waals surface area (Å²) in [5, 5.41) is 9.88. The van der Waals surface area contributed by atoms with E-state index in [9.17, 15) is 0 Å². The van der Waals surface area contributed by atoms with E-state index in [1.807, 2.05) is 23.5 Å². The van der Waals surface area contributed by atoms with Gasteiger partial charge in [0, 0.05) is 33.5 Å². The lowest BCUT2D eigenvalue weighted by Gasteiger charge is -2.26. The Hall–Kier alpha value is 0.380. The van der Waals surface area contributed by atoms with Crippen LogP contribution >= 0.6 is 47.0 Å². The Morgan fingerprint density at radius 2 is 1.88 bits per heavy atom. The zero-order chi connectivity index (χ0) is 11.6. The molecule has 0 N–H and O–H groups in total. The molecule has 0 amide bonds. The van der Waals surface area contributed by atoms with Crippen LogP contribution in [0.4, 0.5) is 0 Å². The largest absolute Gasteiger partial charge is 0.305 e. The van der Waals surface area contributed by atoms with Gasteiger partial charge in [0.05, 0.1) is 11.8 Å². The third kappa shape index (κ3) is 6.20. The van der Waals surface area contributed by atoms with Gasteiger partial charge in [0.15, 0.2) is 0 Å². The molecular formula is C10H14N2S4. The van der Waals surface area contributed by atoms with Gasteiger partial charge in [0.1, 0.15) is 0 Å². The van der Waals surface area contributed by atoms with E-state index in [0.717, 1.165) is 11.5 Å². The first kappa shape index (κ1) is 14.4. The summed E-state index contributed by atoms with van der Waals surface area (Å²) in [4.78, 5) is 3.35. The molecule has 2 atom stereocenters. The van der Waals surface area contributed by atoms with Crippen molar-refractivity contribution in [3.05, 3.63) is 11.4 Å². The molecular weight excluding hydrogens is 276 g/mol. The van der Waals surface area contributed by atoms with E-state index in [1.54, 1.807) is 23.5 Å². The average Bonchev–Trinajstić information content (AvgIpc) is 2.32. The second kappa shape index (κ2) is 9.41. The predicted molar refractivity (Wildman–Crippen MR) is 79.4 cm³/mol. The molecule has 0 aliphatic carbocycles. The highest BCUT2D eigenvalue weighted by Crippen LogP contribution is 2.33. The van der Waals surface area contributed by atoms with Gasteiger partial charge >= 0.3 is 0 Å². The number of nitriles is 1. The summed E-state index contributed by atoms with van der Waals surface area (Å²) >= 11 is 7.56. The van der Waals surface area contributed by atoms with E-state index in [4.69, 9.17) is 11.8 Å². The SMILES string of the molecule is [C-]#[N+]CSCC1CSC(CSCC#N)CS1. The molecule has 1 heterocycles. The van der Waals surface area contributed by atoms with Gasteiger partial charge in [-0.2, -0.15) is 28.8 Å². The summed E-state index contributed by atoms with van der Waals surface area (Å²) in [7, 11) is 0. The molecule has 0 radical (unpaired) electrons. The lowest BCUT2D eigenvalue weighted by Crippen LogP contribution is -2.24. The Bertz CT molecular complexity index is 235. The number of hydrogen-bond acceptors (Lipinski definition) is 5. The van der Waals surface area contributed by atoms with Crippen LogP contribution in [0.3, 0.4) is 0 Å². The minimum absolute atomic E-state index is 0.600. The van der Waals surface area contributed by atoms with Crippen molar-refractivity contribution in [3.8, 4) is 6.07 Å². The molecule has 0 spiro atoms. The minimum Gasteiger partial charge on any atom is -0.305 e. The number of hydrogen-bond donors (Lipinski definition) is 0. The molecule has 1 saturated heterocycles. The van der Waals surface area contributed by atoms with Gasteiger partial charge < -0.3 is 4.85 Å². The first-order valence-electron chi connectivity index (χ1n) is 4.95. The van der Waals surface area contributed by atoms with Gasteiger partial charge in [0.25, 0.3) is 5.88 Å². The summed E-state index contributed by atoms with van der Waals surface area (Å²) in [6, 6.07) is 2.17. The van der Waals surface area contributed by atoms with E-state index < -0.39 is 0 Å². The lowest BCUT2D eigenvalue weighted by molar-refractivity contribution is 1.06. The summed E-state index contributed by atoms with van der Waals surface area (Å²) < 4.78 is 0. The van der Waals surface area contributed by atoms with Crippen LogP contribution in [0.5, 0.6) is 0 Å². The maximum atomic E-state index is 8.45. The first-order chi connectivity index (χ1) is 7.86. The van der Waals surface area contributed by atoms with Gasteiger partial charge in [-0.05, 0) is 0 Å². The molecule has 2 unspecified atom stereocenters. The predicted octanol–water partition coefficient (Wildman–Crippen LogP) is 3.07. The highest BCUT2D eigenvalue weighted by atomic mass is 32.2. The second-order valence-electron chi connectivity index (χ2n) is 3.24. The summed E-state index contributed by atoms with van der Waals surface area (Å²) in [6.45, 7) is 6.71. The Labute approximate surface area is 115 Å². The third-order valence-corrected chi connectivity index (χ3v) is 7.53. The van der Waals surface area contributed by atoms with Crippen molar-refractivity contribution >= 4 is 47.0 Å². The Morgan fingerprint density at radius 3 is 2.38 bits per heavy atom. The highest BCUT2D eigenvalue weighted by molar-refractivity contribution is 8.09. The molecule has 0 saturated carbocycles. The highest BCUT2D eigenvalue weighted by Gasteiger charge is 2.22. The van der Waals surface area contributed by atoms with Crippen molar-refractivity contribution in [1.82, 2.24) is 0 Å². The maximum Gasteiger partial charge on any atom is 0.260 e. The van der Waals surface area contributed by atoms with E-state index in [-0.39, 0.29) is 0 Å². The first-order valence-corrected chi connectivity index (χ1v) is 9.36. The van der Waals surface area contributed by atoms with E-state index >= 15 is 0 Å². The van der Waals surface area contributed by atoms with Crippen molar-refractivity contribution < 1.29 is 0 Å². The minimum atomic E-state index is 0.600. The quantitative estimate of drug-likeness (QED) is 0.554. The fraction of sp³-hybridized carbons (Fsp3) is 0.800. The molecule has 0 aromatic heterocycles. The zero-order valence-corrected chi connectivity index (χ0v) is 12.2. The van der Waals surface area contributed by atoms with Crippen molar-refractivity contribution in [2.75, 3.05) is 34.6 Å². The smallest absolute Gasteiger partial charge is 0.260 e.